The minimum absolute atomic E-state index is 0.191. The number of nitrogens with two attached hydrogens (primary N) is 1. The molecule has 0 radical (unpaired) electrons. The first-order valence-electron chi connectivity index (χ1n) is 8.03. The van der Waals surface area contributed by atoms with Gasteiger partial charge in [-0.25, -0.2) is 9.78 Å². The summed E-state index contributed by atoms with van der Waals surface area (Å²) in [4.78, 5) is 18.2. The van der Waals surface area contributed by atoms with Crippen LogP contribution in [0.15, 0.2) is 18.2 Å². The monoisotopic (exact) mass is 305 g/mol. The van der Waals surface area contributed by atoms with Gasteiger partial charge in [0.05, 0.1) is 0 Å². The van der Waals surface area contributed by atoms with Gasteiger partial charge < -0.3 is 15.4 Å². The van der Waals surface area contributed by atoms with E-state index in [4.69, 9.17) is 10.5 Å². The van der Waals surface area contributed by atoms with Gasteiger partial charge in [0.2, 0.25) is 0 Å². The molecule has 2 N–H and O–H groups in total. The van der Waals surface area contributed by atoms with Crippen LogP contribution in [0, 0.1) is 5.92 Å². The number of amides is 1. The van der Waals surface area contributed by atoms with Crippen molar-refractivity contribution in [2.75, 3.05) is 18.8 Å². The summed E-state index contributed by atoms with van der Waals surface area (Å²) in [5, 5.41) is 0. The topological polar surface area (TPSA) is 68.5 Å². The zero-order valence-corrected chi connectivity index (χ0v) is 13.8. The fraction of sp³-hybridized carbons (Fsp3) is 0.647. The van der Waals surface area contributed by atoms with E-state index in [2.05, 4.69) is 4.98 Å². The van der Waals surface area contributed by atoms with Crippen LogP contribution in [-0.4, -0.2) is 34.7 Å². The Morgan fingerprint density at radius 1 is 1.36 bits per heavy atom. The van der Waals surface area contributed by atoms with Gasteiger partial charge in [0.15, 0.2) is 0 Å². The summed E-state index contributed by atoms with van der Waals surface area (Å²) in [5.74, 6) is 1.22. The van der Waals surface area contributed by atoms with Gasteiger partial charge in [-0.05, 0) is 64.5 Å². The first-order chi connectivity index (χ1) is 10.3. The normalized spacial score (nSPS) is 16.6. The first-order valence-corrected chi connectivity index (χ1v) is 8.03. The van der Waals surface area contributed by atoms with Crippen molar-refractivity contribution >= 4 is 11.9 Å². The van der Waals surface area contributed by atoms with Crippen molar-refractivity contribution in [3.05, 3.63) is 23.9 Å². The molecule has 22 heavy (non-hydrogen) atoms. The summed E-state index contributed by atoms with van der Waals surface area (Å²) < 4.78 is 5.42. The number of hydrogen-bond acceptors (Lipinski definition) is 4. The van der Waals surface area contributed by atoms with Crippen molar-refractivity contribution in [1.82, 2.24) is 9.88 Å². The highest BCUT2D eigenvalue weighted by Gasteiger charge is 2.26. The zero-order valence-electron chi connectivity index (χ0n) is 13.8. The number of aromatic nitrogens is 1. The summed E-state index contributed by atoms with van der Waals surface area (Å²) in [6, 6.07) is 5.78. The van der Waals surface area contributed by atoms with Crippen LogP contribution in [0.25, 0.3) is 0 Å². The van der Waals surface area contributed by atoms with Crippen molar-refractivity contribution in [2.45, 2.75) is 52.1 Å². The van der Waals surface area contributed by atoms with Crippen LogP contribution in [0.2, 0.25) is 0 Å². The molecule has 1 fully saturated rings. The van der Waals surface area contributed by atoms with E-state index in [1.54, 1.807) is 0 Å². The van der Waals surface area contributed by atoms with Crippen molar-refractivity contribution in [3.8, 4) is 0 Å². The minimum Gasteiger partial charge on any atom is -0.444 e. The molecule has 1 aromatic rings. The van der Waals surface area contributed by atoms with E-state index in [9.17, 15) is 4.79 Å². The Kier molecular flexibility index (Phi) is 5.27. The molecule has 0 unspecified atom stereocenters. The molecule has 1 aromatic heterocycles. The molecule has 5 nitrogen and oxygen atoms in total. The van der Waals surface area contributed by atoms with Crippen LogP contribution >= 0.6 is 0 Å². The Morgan fingerprint density at radius 3 is 2.64 bits per heavy atom. The maximum absolute atomic E-state index is 12.0. The fourth-order valence-electron chi connectivity index (χ4n) is 2.72. The molecule has 0 bridgehead atoms. The Labute approximate surface area is 132 Å². The van der Waals surface area contributed by atoms with E-state index in [0.717, 1.165) is 44.5 Å². The van der Waals surface area contributed by atoms with Gasteiger partial charge in [0, 0.05) is 18.8 Å². The zero-order chi connectivity index (χ0) is 16.2. The van der Waals surface area contributed by atoms with Crippen molar-refractivity contribution in [2.24, 2.45) is 5.92 Å². The summed E-state index contributed by atoms with van der Waals surface area (Å²) in [6.07, 6.45) is 3.91. The second kappa shape index (κ2) is 6.99. The van der Waals surface area contributed by atoms with Crippen LogP contribution in [0.4, 0.5) is 10.6 Å². The van der Waals surface area contributed by atoms with Crippen LogP contribution in [0.1, 0.15) is 45.7 Å². The lowest BCUT2D eigenvalue weighted by molar-refractivity contribution is 0.0181. The number of anilines is 1. The van der Waals surface area contributed by atoms with Gasteiger partial charge in [0.25, 0.3) is 0 Å². The average molecular weight is 305 g/mol. The molecule has 0 aromatic carbocycles. The van der Waals surface area contributed by atoms with E-state index in [1.165, 1.54) is 0 Å². The highest BCUT2D eigenvalue weighted by atomic mass is 16.6. The molecule has 0 atom stereocenters. The molecule has 1 aliphatic heterocycles. The van der Waals surface area contributed by atoms with Gasteiger partial charge in [-0.1, -0.05) is 6.07 Å². The van der Waals surface area contributed by atoms with Crippen molar-refractivity contribution in [1.29, 1.82) is 0 Å². The summed E-state index contributed by atoms with van der Waals surface area (Å²) in [7, 11) is 0. The van der Waals surface area contributed by atoms with E-state index in [1.807, 2.05) is 43.9 Å². The maximum atomic E-state index is 12.0. The second-order valence-corrected chi connectivity index (χ2v) is 7.00. The lowest BCUT2D eigenvalue weighted by Gasteiger charge is -2.33. The Balaban J connectivity index is 1.74. The van der Waals surface area contributed by atoms with Crippen molar-refractivity contribution in [3.63, 3.8) is 0 Å². The molecule has 0 aliphatic carbocycles. The number of nitrogens with zero attached hydrogens (tertiary/aromatic N) is 2. The fourth-order valence-corrected chi connectivity index (χ4v) is 2.72. The van der Waals surface area contributed by atoms with Gasteiger partial charge in [-0.2, -0.15) is 0 Å². The molecular formula is C17H27N3O2. The quantitative estimate of drug-likeness (QED) is 0.930. The average Bonchev–Trinajstić information content (AvgIpc) is 2.44. The standard InChI is InChI=1S/C17H27N3O2/c1-17(2,3)22-16(21)20-11-9-13(10-12-20)7-8-14-5-4-6-15(18)19-14/h4-6,13H,7-12H2,1-3H3,(H2,18,19). The molecule has 2 heterocycles. The number of pyridine rings is 1. The Bertz CT molecular complexity index is 503. The molecule has 1 saturated heterocycles. The molecular weight excluding hydrogens is 278 g/mol. The van der Waals surface area contributed by atoms with Crippen LogP contribution in [-0.2, 0) is 11.2 Å². The molecule has 5 heteroatoms. The summed E-state index contributed by atoms with van der Waals surface area (Å²) in [6.45, 7) is 7.26. The third kappa shape index (κ3) is 5.20. The smallest absolute Gasteiger partial charge is 0.410 e. The predicted octanol–water partition coefficient (Wildman–Crippen LogP) is 3.24. The predicted molar refractivity (Wildman–Crippen MR) is 87.5 cm³/mol. The second-order valence-electron chi connectivity index (χ2n) is 7.00. The van der Waals surface area contributed by atoms with Crippen molar-refractivity contribution < 1.29 is 9.53 Å². The van der Waals surface area contributed by atoms with Crippen LogP contribution in [0.3, 0.4) is 0 Å². The van der Waals surface area contributed by atoms with Crippen LogP contribution < -0.4 is 5.73 Å². The lowest BCUT2D eigenvalue weighted by atomic mass is 9.91. The number of ether oxygens (including phenoxy) is 1. The largest absolute Gasteiger partial charge is 0.444 e. The third-order valence-corrected chi connectivity index (χ3v) is 3.90. The molecule has 0 saturated carbocycles. The maximum Gasteiger partial charge on any atom is 0.410 e. The molecule has 122 valence electrons. The lowest BCUT2D eigenvalue weighted by Crippen LogP contribution is -2.41. The number of piperidine rings is 1. The van der Waals surface area contributed by atoms with Gasteiger partial charge in [0.1, 0.15) is 11.4 Å². The summed E-state index contributed by atoms with van der Waals surface area (Å²) in [5.41, 5.74) is 6.33. The summed E-state index contributed by atoms with van der Waals surface area (Å²) >= 11 is 0. The molecule has 0 spiro atoms. The Morgan fingerprint density at radius 2 is 2.05 bits per heavy atom. The van der Waals surface area contributed by atoms with Gasteiger partial charge in [-0.15, -0.1) is 0 Å². The third-order valence-electron chi connectivity index (χ3n) is 3.90. The Hall–Kier alpha value is -1.78. The number of carbonyl (C=O) groups excluding carboxylic acids is 1. The van der Waals surface area contributed by atoms with Crippen LogP contribution in [0.5, 0.6) is 0 Å². The van der Waals surface area contributed by atoms with E-state index < -0.39 is 5.60 Å². The molecule has 1 amide bonds. The highest BCUT2D eigenvalue weighted by Crippen LogP contribution is 2.23. The first kappa shape index (κ1) is 16.6. The molecule has 1 aliphatic rings. The minimum atomic E-state index is -0.424. The SMILES string of the molecule is CC(C)(C)OC(=O)N1CCC(CCc2cccc(N)n2)CC1. The van der Waals surface area contributed by atoms with Gasteiger partial charge in [-0.3, -0.25) is 0 Å². The highest BCUT2D eigenvalue weighted by molar-refractivity contribution is 5.68. The van der Waals surface area contributed by atoms with E-state index >= 15 is 0 Å². The number of hydrogen-bond donors (Lipinski definition) is 1. The van der Waals surface area contributed by atoms with E-state index in [0.29, 0.717) is 11.7 Å². The number of rotatable bonds is 3. The van der Waals surface area contributed by atoms with Gasteiger partial charge >= 0.3 is 6.09 Å². The number of aryl methyl sites for hydroxylation is 1. The number of carbonyl (C=O) groups is 1. The number of likely N-dealkylation sites (tertiary alicyclic amines) is 1. The number of nitrogen functional groups attached to an aromatic ring is 1. The molecule has 2 rings (SSSR count). The van der Waals surface area contributed by atoms with E-state index in [-0.39, 0.29) is 6.09 Å².